The van der Waals surface area contributed by atoms with Gasteiger partial charge in [-0.1, -0.05) is 112 Å². The maximum atomic E-state index is 12.9. The van der Waals surface area contributed by atoms with E-state index in [1.165, 1.54) is 16.7 Å². The van der Waals surface area contributed by atoms with Crippen LogP contribution in [0.5, 0.6) is 0 Å². The number of piperazine rings is 1. The summed E-state index contributed by atoms with van der Waals surface area (Å²) in [6, 6.07) is 36.6. The molecule has 4 nitrogen and oxygen atoms in total. The summed E-state index contributed by atoms with van der Waals surface area (Å²) in [5.74, 6) is 0.0734. The number of ketones is 1. The average molecular weight is 490 g/mol. The molecular formula is C33H35N3O. The number of Topliss-reactive ketones (excluding diaryl/α,β-unsaturated/α-hetero) is 1. The molecule has 4 heteroatoms. The fraction of sp³-hybridized carbons (Fsp3) is 0.273. The molecule has 2 heterocycles. The summed E-state index contributed by atoms with van der Waals surface area (Å²) in [7, 11) is 0. The molecule has 3 aromatic carbocycles. The number of hydrogen-bond donors (Lipinski definition) is 0. The van der Waals surface area contributed by atoms with Crippen molar-refractivity contribution in [3.63, 3.8) is 0 Å². The van der Waals surface area contributed by atoms with E-state index in [4.69, 9.17) is 0 Å². The highest BCUT2D eigenvalue weighted by Crippen LogP contribution is 2.43. The molecule has 1 aliphatic heterocycles. The second kappa shape index (κ2) is 10.3. The van der Waals surface area contributed by atoms with Crippen molar-refractivity contribution in [2.45, 2.75) is 26.3 Å². The highest BCUT2D eigenvalue weighted by molar-refractivity contribution is 5.98. The van der Waals surface area contributed by atoms with Crippen LogP contribution in [-0.2, 0) is 5.54 Å². The monoisotopic (exact) mass is 489 g/mol. The molecule has 0 unspecified atom stereocenters. The van der Waals surface area contributed by atoms with Crippen LogP contribution in [0.25, 0.3) is 0 Å². The molecule has 1 fully saturated rings. The predicted molar refractivity (Wildman–Crippen MR) is 151 cm³/mol. The van der Waals surface area contributed by atoms with Crippen molar-refractivity contribution in [1.82, 2.24) is 9.88 Å². The number of anilines is 1. The molecule has 0 aliphatic carbocycles. The number of nitrogens with zero attached hydrogens (tertiary/aromatic N) is 3. The Morgan fingerprint density at radius 3 is 1.57 bits per heavy atom. The number of pyridine rings is 1. The smallest absolute Gasteiger partial charge is 0.186 e. The lowest BCUT2D eigenvalue weighted by atomic mass is 9.75. The number of carbonyl (C=O) groups is 1. The average Bonchev–Trinajstić information content (AvgIpc) is 2.95. The van der Waals surface area contributed by atoms with E-state index in [1.807, 2.05) is 32.9 Å². The van der Waals surface area contributed by atoms with Gasteiger partial charge in [0.1, 0.15) is 5.69 Å². The normalized spacial score (nSPS) is 14.9. The molecule has 4 aromatic rings. The topological polar surface area (TPSA) is 36.4 Å². The predicted octanol–water partition coefficient (Wildman–Crippen LogP) is 6.42. The molecule has 0 radical (unpaired) electrons. The minimum absolute atomic E-state index is 0.0734. The molecule has 0 atom stereocenters. The van der Waals surface area contributed by atoms with Crippen LogP contribution >= 0.6 is 0 Å². The minimum atomic E-state index is -0.453. The summed E-state index contributed by atoms with van der Waals surface area (Å²) < 4.78 is 0. The van der Waals surface area contributed by atoms with Crippen molar-refractivity contribution >= 4 is 11.5 Å². The number of rotatable bonds is 6. The molecule has 1 aliphatic rings. The van der Waals surface area contributed by atoms with Gasteiger partial charge in [-0.05, 0) is 28.8 Å². The molecule has 37 heavy (non-hydrogen) atoms. The summed E-state index contributed by atoms with van der Waals surface area (Å²) in [6.07, 6.45) is 1.77. The maximum absolute atomic E-state index is 12.9. The van der Waals surface area contributed by atoms with Crippen LogP contribution in [-0.4, -0.2) is 41.8 Å². The van der Waals surface area contributed by atoms with Crippen LogP contribution in [0, 0.1) is 5.41 Å². The standard InChI is InChI=1S/C33H35N3O/c1-32(2,3)31(37)30-25-29(19-20-34-30)35-21-23-36(24-22-35)33(26-13-7-4-8-14-26,27-15-9-5-10-16-27)28-17-11-6-12-18-28/h4-20,25H,21-24H2,1-3H3. The first-order chi connectivity index (χ1) is 17.9. The maximum Gasteiger partial charge on any atom is 0.186 e. The fourth-order valence-electron chi connectivity index (χ4n) is 5.51. The summed E-state index contributed by atoms with van der Waals surface area (Å²) in [5, 5.41) is 0. The molecule has 5 rings (SSSR count). The van der Waals surface area contributed by atoms with Gasteiger partial charge in [0.25, 0.3) is 0 Å². The van der Waals surface area contributed by atoms with Crippen molar-refractivity contribution in [2.75, 3.05) is 31.1 Å². The van der Waals surface area contributed by atoms with Gasteiger partial charge in [0.2, 0.25) is 0 Å². The third kappa shape index (κ3) is 4.82. The van der Waals surface area contributed by atoms with Gasteiger partial charge >= 0.3 is 0 Å². The van der Waals surface area contributed by atoms with Gasteiger partial charge in [-0.15, -0.1) is 0 Å². The van der Waals surface area contributed by atoms with Gasteiger partial charge in [-0.25, -0.2) is 0 Å². The summed E-state index contributed by atoms with van der Waals surface area (Å²) in [6.45, 7) is 9.31. The Balaban J connectivity index is 1.51. The van der Waals surface area contributed by atoms with Gasteiger partial charge < -0.3 is 4.90 Å². The van der Waals surface area contributed by atoms with Crippen molar-refractivity contribution < 1.29 is 4.79 Å². The lowest BCUT2D eigenvalue weighted by molar-refractivity contribution is 0.0853. The first-order valence-electron chi connectivity index (χ1n) is 13.1. The highest BCUT2D eigenvalue weighted by Gasteiger charge is 2.43. The lowest BCUT2D eigenvalue weighted by Gasteiger charge is -2.49. The van der Waals surface area contributed by atoms with E-state index in [2.05, 4.69) is 106 Å². The first-order valence-corrected chi connectivity index (χ1v) is 13.1. The Labute approximate surface area is 220 Å². The zero-order valence-corrected chi connectivity index (χ0v) is 22.0. The van der Waals surface area contributed by atoms with Crippen LogP contribution in [0.15, 0.2) is 109 Å². The van der Waals surface area contributed by atoms with Gasteiger partial charge in [-0.2, -0.15) is 0 Å². The Hall–Kier alpha value is -3.76. The Morgan fingerprint density at radius 2 is 1.14 bits per heavy atom. The molecule has 0 amide bonds. The first kappa shape index (κ1) is 24.9. The molecule has 0 N–H and O–H groups in total. The van der Waals surface area contributed by atoms with Crippen LogP contribution in [0.1, 0.15) is 48.0 Å². The molecular weight excluding hydrogens is 454 g/mol. The van der Waals surface area contributed by atoms with Crippen molar-refractivity contribution in [1.29, 1.82) is 0 Å². The second-order valence-corrected chi connectivity index (χ2v) is 10.8. The third-order valence-electron chi connectivity index (χ3n) is 7.35. The Kier molecular flexibility index (Phi) is 6.94. The number of carbonyl (C=O) groups excluding carboxylic acids is 1. The van der Waals surface area contributed by atoms with Gasteiger partial charge in [0, 0.05) is 43.5 Å². The molecule has 0 spiro atoms. The van der Waals surface area contributed by atoms with Gasteiger partial charge in [0.15, 0.2) is 5.78 Å². The number of hydrogen-bond acceptors (Lipinski definition) is 4. The van der Waals surface area contributed by atoms with Crippen molar-refractivity contribution in [3.05, 3.63) is 132 Å². The van der Waals surface area contributed by atoms with E-state index in [9.17, 15) is 4.79 Å². The Bertz CT molecular complexity index is 1230. The molecule has 0 bridgehead atoms. The number of aromatic nitrogens is 1. The molecule has 188 valence electrons. The van der Waals surface area contributed by atoms with Crippen LogP contribution in [0.3, 0.4) is 0 Å². The molecule has 0 saturated carbocycles. The SMILES string of the molecule is CC(C)(C)C(=O)c1cc(N2CCN(C(c3ccccc3)(c3ccccc3)c3ccccc3)CC2)ccn1. The van der Waals surface area contributed by atoms with E-state index < -0.39 is 11.0 Å². The van der Waals surface area contributed by atoms with E-state index in [1.54, 1.807) is 6.20 Å². The molecule has 1 saturated heterocycles. The largest absolute Gasteiger partial charge is 0.369 e. The summed E-state index contributed by atoms with van der Waals surface area (Å²) in [5.41, 5.74) is 4.55. The van der Waals surface area contributed by atoms with Gasteiger partial charge in [0.05, 0.1) is 5.54 Å². The lowest BCUT2D eigenvalue weighted by Crippen LogP contribution is -2.56. The van der Waals surface area contributed by atoms with Crippen LogP contribution < -0.4 is 4.90 Å². The Morgan fingerprint density at radius 1 is 0.676 bits per heavy atom. The number of benzene rings is 3. The zero-order valence-electron chi connectivity index (χ0n) is 22.0. The van der Waals surface area contributed by atoms with E-state index >= 15 is 0 Å². The van der Waals surface area contributed by atoms with E-state index in [0.29, 0.717) is 5.69 Å². The van der Waals surface area contributed by atoms with E-state index in [0.717, 1.165) is 31.9 Å². The van der Waals surface area contributed by atoms with E-state index in [-0.39, 0.29) is 5.78 Å². The van der Waals surface area contributed by atoms with Crippen molar-refractivity contribution in [3.8, 4) is 0 Å². The quantitative estimate of drug-likeness (QED) is 0.231. The second-order valence-electron chi connectivity index (χ2n) is 10.8. The summed E-state index contributed by atoms with van der Waals surface area (Å²) in [4.78, 5) is 22.2. The molecule has 1 aromatic heterocycles. The van der Waals surface area contributed by atoms with Crippen LogP contribution in [0.2, 0.25) is 0 Å². The minimum Gasteiger partial charge on any atom is -0.369 e. The van der Waals surface area contributed by atoms with Crippen LogP contribution in [0.4, 0.5) is 5.69 Å². The summed E-state index contributed by atoms with van der Waals surface area (Å²) >= 11 is 0. The highest BCUT2D eigenvalue weighted by atomic mass is 16.1. The zero-order chi connectivity index (χ0) is 25.9. The third-order valence-corrected chi connectivity index (χ3v) is 7.35. The van der Waals surface area contributed by atoms with Gasteiger partial charge in [-0.3, -0.25) is 14.7 Å². The van der Waals surface area contributed by atoms with Crippen molar-refractivity contribution in [2.24, 2.45) is 5.41 Å². The fourth-order valence-corrected chi connectivity index (χ4v) is 5.51.